The normalized spacial score (nSPS) is 13.5. The van der Waals surface area contributed by atoms with Gasteiger partial charge in [-0.15, -0.1) is 0 Å². The first-order valence-electron chi connectivity index (χ1n) is 14.4. The summed E-state index contributed by atoms with van der Waals surface area (Å²) in [6.07, 6.45) is 8.78. The second kappa shape index (κ2) is 12.8. The Morgan fingerprint density at radius 3 is 2.02 bits per heavy atom. The minimum atomic E-state index is 0.0663. The summed E-state index contributed by atoms with van der Waals surface area (Å²) in [7, 11) is 4.02. The Morgan fingerprint density at radius 2 is 1.41 bits per heavy atom. The van der Waals surface area contributed by atoms with Crippen LogP contribution in [0.5, 0.6) is 0 Å². The second-order valence-electron chi connectivity index (χ2n) is 10.7. The number of hydrogen-bond acceptors (Lipinski definition) is 6. The highest BCUT2D eigenvalue weighted by atomic mass is 32.2. The van der Waals surface area contributed by atoms with Crippen LogP contribution in [0.4, 0.5) is 22.7 Å². The molecule has 0 saturated heterocycles. The van der Waals surface area contributed by atoms with Crippen LogP contribution in [0.15, 0.2) is 148 Å². The highest BCUT2D eigenvalue weighted by Gasteiger charge is 2.24. The first-order chi connectivity index (χ1) is 21.5. The van der Waals surface area contributed by atoms with E-state index in [0.717, 1.165) is 23.4 Å². The van der Waals surface area contributed by atoms with E-state index >= 15 is 0 Å². The van der Waals surface area contributed by atoms with Gasteiger partial charge in [0.25, 0.3) is 0 Å². The molecule has 6 rings (SSSR count). The van der Waals surface area contributed by atoms with Crippen molar-refractivity contribution in [3.63, 3.8) is 0 Å². The molecule has 4 aromatic rings. The number of hydrogen-bond donors (Lipinski definition) is 0. The maximum Gasteiger partial charge on any atom is 0.137 e. The molecule has 2 heterocycles. The van der Waals surface area contributed by atoms with Crippen molar-refractivity contribution in [3.8, 4) is 12.1 Å². The molecule has 0 unspecified atom stereocenters. The lowest BCUT2D eigenvalue weighted by atomic mass is 10.0. The predicted molar refractivity (Wildman–Crippen MR) is 179 cm³/mol. The first-order valence-corrected chi connectivity index (χ1v) is 15.2. The van der Waals surface area contributed by atoms with Crippen LogP contribution in [-0.4, -0.2) is 14.1 Å². The summed E-state index contributed by atoms with van der Waals surface area (Å²) in [5.74, 6) is 1.31. The van der Waals surface area contributed by atoms with Gasteiger partial charge in [0.15, 0.2) is 0 Å². The monoisotopic (exact) mass is 590 g/mol. The van der Waals surface area contributed by atoms with E-state index in [1.807, 2.05) is 50.5 Å². The van der Waals surface area contributed by atoms with E-state index < -0.39 is 0 Å². The van der Waals surface area contributed by atoms with Crippen molar-refractivity contribution < 1.29 is 4.74 Å². The van der Waals surface area contributed by atoms with Crippen LogP contribution in [0.1, 0.15) is 17.5 Å². The molecule has 0 amide bonds. The molecule has 0 radical (unpaired) electrons. The molecule has 0 N–H and O–H groups in total. The Balaban J connectivity index is 1.19. The van der Waals surface area contributed by atoms with Crippen LogP contribution in [-0.2, 0) is 11.2 Å². The fraction of sp³-hybridized carbons (Fsp3) is 0.105. The Labute approximate surface area is 262 Å². The van der Waals surface area contributed by atoms with E-state index in [9.17, 15) is 10.5 Å². The highest BCUT2D eigenvalue weighted by Crippen LogP contribution is 2.51. The van der Waals surface area contributed by atoms with Gasteiger partial charge in [-0.25, -0.2) is 0 Å². The molecule has 2 aliphatic rings. The number of aryl methyl sites for hydroxylation is 1. The van der Waals surface area contributed by atoms with Gasteiger partial charge in [0.1, 0.15) is 29.2 Å². The zero-order valence-corrected chi connectivity index (χ0v) is 25.4. The SMILES string of the molecule is CN(C)c1ccc(/C=C/C2=CC(=C(C#N)C#N)C=C(CCc3ccc(N4c5ccccc5Sc5ccccc54)cc3)O2)cc1. The molecule has 214 valence electrons. The van der Waals surface area contributed by atoms with Gasteiger partial charge < -0.3 is 14.5 Å². The molecular formula is C38H30N4OS. The van der Waals surface area contributed by atoms with E-state index in [0.29, 0.717) is 23.5 Å². The molecule has 0 aliphatic carbocycles. The van der Waals surface area contributed by atoms with Crippen LogP contribution in [0, 0.1) is 22.7 Å². The number of rotatable bonds is 7. The van der Waals surface area contributed by atoms with Gasteiger partial charge in [0, 0.05) is 47.3 Å². The van der Waals surface area contributed by atoms with E-state index in [1.54, 1.807) is 23.9 Å². The van der Waals surface area contributed by atoms with Crippen molar-refractivity contribution >= 4 is 40.6 Å². The number of nitriles is 2. The summed E-state index contributed by atoms with van der Waals surface area (Å²) in [6.45, 7) is 0. The molecule has 0 fully saturated rings. The van der Waals surface area contributed by atoms with Gasteiger partial charge in [0.05, 0.1) is 11.4 Å². The number of nitrogens with zero attached hydrogens (tertiary/aromatic N) is 4. The van der Waals surface area contributed by atoms with Crippen molar-refractivity contribution in [1.29, 1.82) is 10.5 Å². The first kappa shape index (κ1) is 28.7. The molecule has 5 nitrogen and oxygen atoms in total. The minimum absolute atomic E-state index is 0.0663. The number of ether oxygens (including phenoxy) is 1. The lowest BCUT2D eigenvalue weighted by Crippen LogP contribution is -2.14. The van der Waals surface area contributed by atoms with Crippen molar-refractivity contribution in [2.24, 2.45) is 0 Å². The fourth-order valence-electron chi connectivity index (χ4n) is 5.21. The smallest absolute Gasteiger partial charge is 0.137 e. The molecule has 0 atom stereocenters. The maximum atomic E-state index is 9.54. The van der Waals surface area contributed by atoms with E-state index in [-0.39, 0.29) is 5.57 Å². The molecule has 0 bridgehead atoms. The fourth-order valence-corrected chi connectivity index (χ4v) is 6.26. The van der Waals surface area contributed by atoms with Crippen molar-refractivity contribution in [2.45, 2.75) is 22.6 Å². The van der Waals surface area contributed by atoms with Crippen LogP contribution in [0.3, 0.4) is 0 Å². The van der Waals surface area contributed by atoms with Crippen molar-refractivity contribution in [2.75, 3.05) is 23.9 Å². The van der Waals surface area contributed by atoms with Gasteiger partial charge in [-0.3, -0.25) is 0 Å². The quantitative estimate of drug-likeness (QED) is 0.176. The van der Waals surface area contributed by atoms with Crippen LogP contribution in [0.25, 0.3) is 6.08 Å². The Kier molecular flexibility index (Phi) is 8.36. The van der Waals surface area contributed by atoms with Gasteiger partial charge in [0.2, 0.25) is 0 Å². The van der Waals surface area contributed by atoms with E-state index in [4.69, 9.17) is 4.74 Å². The van der Waals surface area contributed by atoms with Gasteiger partial charge in [-0.2, -0.15) is 10.5 Å². The zero-order chi connectivity index (χ0) is 30.5. The van der Waals surface area contributed by atoms with Crippen molar-refractivity contribution in [1.82, 2.24) is 0 Å². The topological polar surface area (TPSA) is 63.3 Å². The summed E-state index contributed by atoms with van der Waals surface area (Å²) < 4.78 is 6.22. The third-order valence-corrected chi connectivity index (χ3v) is 8.64. The Bertz CT molecular complexity index is 1840. The van der Waals surface area contributed by atoms with Gasteiger partial charge in [-0.05, 0) is 84.3 Å². The minimum Gasteiger partial charge on any atom is -0.462 e. The third-order valence-electron chi connectivity index (χ3n) is 7.51. The van der Waals surface area contributed by atoms with Crippen LogP contribution in [0.2, 0.25) is 0 Å². The molecule has 0 saturated carbocycles. The zero-order valence-electron chi connectivity index (χ0n) is 24.6. The lowest BCUT2D eigenvalue weighted by Gasteiger charge is -2.32. The number of para-hydroxylation sites is 2. The standard InChI is InChI=1S/C38H30N4OS/c1-41(2)31-17-11-27(12-18-31)15-21-33-23-29(30(25-39)26-40)24-34(43-33)22-16-28-13-19-32(20-14-28)42-35-7-3-5-9-37(35)44-38-10-6-4-8-36(38)42/h3-15,17-21,23-24H,16,22H2,1-2H3/b21-15+. The van der Waals surface area contributed by atoms with Gasteiger partial charge in [-0.1, -0.05) is 66.4 Å². The molecule has 0 spiro atoms. The Hall–Kier alpha value is -5.43. The molecule has 4 aromatic carbocycles. The summed E-state index contributed by atoms with van der Waals surface area (Å²) in [6, 6.07) is 37.9. The number of benzene rings is 4. The molecule has 6 heteroatoms. The molecule has 2 aliphatic heterocycles. The third kappa shape index (κ3) is 6.17. The highest BCUT2D eigenvalue weighted by molar-refractivity contribution is 7.99. The summed E-state index contributed by atoms with van der Waals surface area (Å²) >= 11 is 1.80. The molecular weight excluding hydrogens is 561 g/mol. The van der Waals surface area contributed by atoms with Gasteiger partial charge >= 0.3 is 0 Å². The average molecular weight is 591 g/mol. The van der Waals surface area contributed by atoms with Crippen LogP contribution >= 0.6 is 11.8 Å². The van der Waals surface area contributed by atoms with Crippen molar-refractivity contribution in [3.05, 3.63) is 149 Å². The average Bonchev–Trinajstić information content (AvgIpc) is 3.06. The van der Waals surface area contributed by atoms with E-state index in [2.05, 4.69) is 94.7 Å². The second-order valence-corrected chi connectivity index (χ2v) is 11.8. The molecule has 44 heavy (non-hydrogen) atoms. The summed E-state index contributed by atoms with van der Waals surface area (Å²) in [5, 5.41) is 19.1. The molecule has 0 aromatic heterocycles. The summed E-state index contributed by atoms with van der Waals surface area (Å²) in [4.78, 5) is 6.84. The number of allylic oxidation sites excluding steroid dienone is 6. The lowest BCUT2D eigenvalue weighted by molar-refractivity contribution is 0.300. The predicted octanol–water partition coefficient (Wildman–Crippen LogP) is 9.47. The Morgan fingerprint density at radius 1 is 0.773 bits per heavy atom. The van der Waals surface area contributed by atoms with E-state index in [1.165, 1.54) is 26.7 Å². The number of anilines is 4. The number of fused-ring (bicyclic) bond motifs is 2. The summed E-state index contributed by atoms with van der Waals surface area (Å²) in [5.41, 5.74) is 7.41. The maximum absolute atomic E-state index is 9.54. The largest absolute Gasteiger partial charge is 0.462 e. The van der Waals surface area contributed by atoms with Crippen LogP contribution < -0.4 is 9.80 Å².